The summed E-state index contributed by atoms with van der Waals surface area (Å²) in [6.07, 6.45) is 6.37. The van der Waals surface area contributed by atoms with Crippen molar-refractivity contribution in [3.8, 4) is 11.5 Å². The van der Waals surface area contributed by atoms with Crippen LogP contribution < -0.4 is 5.73 Å². The Morgan fingerprint density at radius 3 is 2.45 bits per heavy atom. The van der Waals surface area contributed by atoms with E-state index < -0.39 is 5.60 Å². The van der Waals surface area contributed by atoms with Gasteiger partial charge in [-0.25, -0.2) is 0 Å². The number of hydrogen-bond donors (Lipinski definition) is 4. The fourth-order valence-corrected chi connectivity index (χ4v) is 4.06. The van der Waals surface area contributed by atoms with Gasteiger partial charge in [-0.3, -0.25) is 0 Å². The molecule has 0 radical (unpaired) electrons. The molecule has 1 aromatic carbocycles. The van der Waals surface area contributed by atoms with Gasteiger partial charge in [-0.05, 0) is 42.4 Å². The SMILES string of the molecule is N[C@H]1C[C@H]2CCCC[C@@H]2C[C@]1(O)c1ccc(O)c(O)c1. The zero-order valence-corrected chi connectivity index (χ0v) is 11.6. The number of fused-ring (bicyclic) bond motifs is 1. The van der Waals surface area contributed by atoms with Crippen LogP contribution in [-0.2, 0) is 5.60 Å². The van der Waals surface area contributed by atoms with Gasteiger partial charge in [0.25, 0.3) is 0 Å². The quantitative estimate of drug-likeness (QED) is 0.593. The predicted molar refractivity (Wildman–Crippen MR) is 76.3 cm³/mol. The van der Waals surface area contributed by atoms with Gasteiger partial charge in [-0.2, -0.15) is 0 Å². The Labute approximate surface area is 119 Å². The third-order valence-electron chi connectivity index (χ3n) is 5.29. The minimum atomic E-state index is -1.09. The van der Waals surface area contributed by atoms with Gasteiger partial charge in [0.1, 0.15) is 5.60 Å². The van der Waals surface area contributed by atoms with E-state index in [0.29, 0.717) is 23.8 Å². The summed E-state index contributed by atoms with van der Waals surface area (Å²) in [6, 6.07) is 4.21. The topological polar surface area (TPSA) is 86.7 Å². The van der Waals surface area contributed by atoms with Crippen LogP contribution in [0.3, 0.4) is 0 Å². The fraction of sp³-hybridized carbons (Fsp3) is 0.625. The van der Waals surface area contributed by atoms with Crippen LogP contribution in [0.1, 0.15) is 44.1 Å². The van der Waals surface area contributed by atoms with Gasteiger partial charge in [0.2, 0.25) is 0 Å². The highest BCUT2D eigenvalue weighted by Crippen LogP contribution is 2.48. The van der Waals surface area contributed by atoms with E-state index in [-0.39, 0.29) is 17.5 Å². The number of hydrogen-bond acceptors (Lipinski definition) is 4. The van der Waals surface area contributed by atoms with Crippen molar-refractivity contribution < 1.29 is 15.3 Å². The van der Waals surface area contributed by atoms with E-state index in [0.717, 1.165) is 12.8 Å². The molecule has 0 heterocycles. The zero-order chi connectivity index (χ0) is 14.3. The summed E-state index contributed by atoms with van der Waals surface area (Å²) in [5, 5.41) is 30.1. The molecule has 0 bridgehead atoms. The zero-order valence-electron chi connectivity index (χ0n) is 11.6. The summed E-state index contributed by atoms with van der Waals surface area (Å²) in [4.78, 5) is 0. The van der Waals surface area contributed by atoms with Crippen LogP contribution in [0.4, 0.5) is 0 Å². The smallest absolute Gasteiger partial charge is 0.157 e. The van der Waals surface area contributed by atoms with Gasteiger partial charge < -0.3 is 21.1 Å². The van der Waals surface area contributed by atoms with E-state index >= 15 is 0 Å². The molecule has 20 heavy (non-hydrogen) atoms. The summed E-state index contributed by atoms with van der Waals surface area (Å²) >= 11 is 0. The Morgan fingerprint density at radius 2 is 1.75 bits per heavy atom. The Morgan fingerprint density at radius 1 is 1.05 bits per heavy atom. The van der Waals surface area contributed by atoms with Crippen LogP contribution in [0.25, 0.3) is 0 Å². The van der Waals surface area contributed by atoms with Crippen LogP contribution in [0.5, 0.6) is 11.5 Å². The normalized spacial score (nSPS) is 37.4. The molecule has 110 valence electrons. The molecule has 0 amide bonds. The maximum Gasteiger partial charge on any atom is 0.157 e. The molecule has 0 saturated heterocycles. The molecule has 0 unspecified atom stereocenters. The molecular weight excluding hydrogens is 254 g/mol. The largest absolute Gasteiger partial charge is 0.504 e. The van der Waals surface area contributed by atoms with Crippen molar-refractivity contribution in [2.24, 2.45) is 17.6 Å². The second kappa shape index (κ2) is 4.93. The third-order valence-corrected chi connectivity index (χ3v) is 5.29. The van der Waals surface area contributed by atoms with Crippen molar-refractivity contribution in [2.75, 3.05) is 0 Å². The molecule has 0 aromatic heterocycles. The molecule has 4 atom stereocenters. The molecule has 2 saturated carbocycles. The number of rotatable bonds is 1. The van der Waals surface area contributed by atoms with Crippen molar-refractivity contribution in [1.82, 2.24) is 0 Å². The Kier molecular flexibility index (Phi) is 3.38. The van der Waals surface area contributed by atoms with E-state index in [1.54, 1.807) is 6.07 Å². The highest BCUT2D eigenvalue weighted by Gasteiger charge is 2.46. The molecule has 0 aliphatic heterocycles. The van der Waals surface area contributed by atoms with Crippen LogP contribution >= 0.6 is 0 Å². The lowest BCUT2D eigenvalue weighted by Crippen LogP contribution is -2.53. The lowest BCUT2D eigenvalue weighted by atomic mass is 9.62. The Bertz CT molecular complexity index is 504. The molecule has 2 aliphatic rings. The Hall–Kier alpha value is -1.26. The standard InChI is InChI=1S/C16H23NO3/c17-15-7-10-3-1-2-4-11(10)9-16(15,20)12-5-6-13(18)14(19)8-12/h5-6,8,10-11,15,18-20H,1-4,7,9,17H2/t10-,11-,15+,16+/m1/s1. The first-order valence-corrected chi connectivity index (χ1v) is 7.51. The summed E-state index contributed by atoms with van der Waals surface area (Å²) in [6.45, 7) is 0. The molecule has 5 N–H and O–H groups in total. The number of aromatic hydroxyl groups is 2. The lowest BCUT2D eigenvalue weighted by Gasteiger charge is -2.48. The van der Waals surface area contributed by atoms with Gasteiger partial charge in [-0.15, -0.1) is 0 Å². The summed E-state index contributed by atoms with van der Waals surface area (Å²) < 4.78 is 0. The van der Waals surface area contributed by atoms with Crippen molar-refractivity contribution in [1.29, 1.82) is 0 Å². The number of benzene rings is 1. The average Bonchev–Trinajstić information content (AvgIpc) is 2.43. The van der Waals surface area contributed by atoms with Crippen molar-refractivity contribution in [2.45, 2.75) is 50.2 Å². The highest BCUT2D eigenvalue weighted by molar-refractivity contribution is 5.43. The minimum absolute atomic E-state index is 0.169. The van der Waals surface area contributed by atoms with Crippen molar-refractivity contribution in [3.05, 3.63) is 23.8 Å². The number of nitrogens with two attached hydrogens (primary N) is 1. The summed E-state index contributed by atoms with van der Waals surface area (Å²) in [7, 11) is 0. The molecule has 4 heteroatoms. The highest BCUT2D eigenvalue weighted by atomic mass is 16.3. The Balaban J connectivity index is 1.91. The molecule has 0 spiro atoms. The number of phenolic OH excluding ortho intramolecular Hbond substituents is 2. The molecule has 2 aliphatic carbocycles. The summed E-state index contributed by atoms with van der Waals surface area (Å²) in [5.41, 5.74) is 5.77. The van der Waals surface area contributed by atoms with E-state index in [1.807, 2.05) is 0 Å². The first-order chi connectivity index (χ1) is 9.50. The predicted octanol–water partition coefficient (Wildman–Crippen LogP) is 2.21. The van der Waals surface area contributed by atoms with Gasteiger partial charge in [-0.1, -0.05) is 31.7 Å². The van der Waals surface area contributed by atoms with Crippen LogP contribution in [0.2, 0.25) is 0 Å². The summed E-state index contributed by atoms with van der Waals surface area (Å²) in [5.74, 6) is 0.778. The fourth-order valence-electron chi connectivity index (χ4n) is 4.06. The number of aliphatic hydroxyl groups is 1. The van der Waals surface area contributed by atoms with Gasteiger partial charge >= 0.3 is 0 Å². The van der Waals surface area contributed by atoms with Crippen molar-refractivity contribution >= 4 is 0 Å². The lowest BCUT2D eigenvalue weighted by molar-refractivity contribution is -0.0667. The van der Waals surface area contributed by atoms with Crippen LogP contribution in [-0.4, -0.2) is 21.4 Å². The van der Waals surface area contributed by atoms with Crippen molar-refractivity contribution in [3.63, 3.8) is 0 Å². The minimum Gasteiger partial charge on any atom is -0.504 e. The van der Waals surface area contributed by atoms with E-state index in [1.165, 1.54) is 31.4 Å². The van der Waals surface area contributed by atoms with Gasteiger partial charge in [0.15, 0.2) is 11.5 Å². The molecule has 2 fully saturated rings. The molecule has 3 rings (SSSR count). The second-order valence-corrected chi connectivity index (χ2v) is 6.48. The average molecular weight is 277 g/mol. The maximum absolute atomic E-state index is 11.0. The maximum atomic E-state index is 11.0. The van der Waals surface area contributed by atoms with Crippen LogP contribution in [0.15, 0.2) is 18.2 Å². The first kappa shape index (κ1) is 13.7. The third kappa shape index (κ3) is 2.17. The second-order valence-electron chi connectivity index (χ2n) is 6.48. The number of phenols is 2. The van der Waals surface area contributed by atoms with Gasteiger partial charge in [0, 0.05) is 6.04 Å². The monoisotopic (exact) mass is 277 g/mol. The van der Waals surface area contributed by atoms with E-state index in [4.69, 9.17) is 5.73 Å². The van der Waals surface area contributed by atoms with Crippen LogP contribution in [0, 0.1) is 11.8 Å². The van der Waals surface area contributed by atoms with E-state index in [9.17, 15) is 15.3 Å². The molecule has 4 nitrogen and oxygen atoms in total. The first-order valence-electron chi connectivity index (χ1n) is 7.51. The molecule has 1 aromatic rings. The van der Waals surface area contributed by atoms with Gasteiger partial charge in [0.05, 0.1) is 0 Å². The van der Waals surface area contributed by atoms with E-state index in [2.05, 4.69) is 0 Å². The molecular formula is C16H23NO3.